The number of sulfonamides is 1. The number of nitrogens with one attached hydrogen (secondary N) is 2. The summed E-state index contributed by atoms with van der Waals surface area (Å²) in [5.74, 6) is 0.0510. The summed E-state index contributed by atoms with van der Waals surface area (Å²) in [5, 5.41) is 3.27. The number of nitrogens with zero attached hydrogens (tertiary/aromatic N) is 1. The van der Waals surface area contributed by atoms with Crippen molar-refractivity contribution in [1.29, 1.82) is 0 Å². The molecule has 2 N–H and O–H groups in total. The molecule has 1 fully saturated rings. The summed E-state index contributed by atoms with van der Waals surface area (Å²) in [4.78, 5) is 2.27. The van der Waals surface area contributed by atoms with E-state index in [-0.39, 0.29) is 5.75 Å². The zero-order chi connectivity index (χ0) is 13.6. The van der Waals surface area contributed by atoms with Crippen molar-refractivity contribution in [2.45, 2.75) is 5.75 Å². The Hall–Kier alpha value is -0.950. The second-order valence-electron chi connectivity index (χ2n) is 4.73. The third kappa shape index (κ3) is 5.28. The van der Waals surface area contributed by atoms with Crippen molar-refractivity contribution in [3.8, 4) is 0 Å². The van der Waals surface area contributed by atoms with Crippen LogP contribution in [0.25, 0.3) is 0 Å². The fourth-order valence-electron chi connectivity index (χ4n) is 2.14. The Balaban J connectivity index is 1.74. The minimum Gasteiger partial charge on any atom is -0.314 e. The van der Waals surface area contributed by atoms with Crippen LogP contribution in [0, 0.1) is 0 Å². The van der Waals surface area contributed by atoms with Crippen molar-refractivity contribution < 1.29 is 8.42 Å². The van der Waals surface area contributed by atoms with Gasteiger partial charge in [0.05, 0.1) is 5.75 Å². The Morgan fingerprint density at radius 3 is 2.53 bits per heavy atom. The van der Waals surface area contributed by atoms with Crippen LogP contribution in [-0.2, 0) is 15.8 Å². The molecule has 0 spiro atoms. The van der Waals surface area contributed by atoms with Crippen molar-refractivity contribution in [2.75, 3.05) is 39.3 Å². The van der Waals surface area contributed by atoms with Crippen molar-refractivity contribution in [3.63, 3.8) is 0 Å². The van der Waals surface area contributed by atoms with Gasteiger partial charge in [-0.15, -0.1) is 0 Å². The summed E-state index contributed by atoms with van der Waals surface area (Å²) in [6.07, 6.45) is 0. The van der Waals surface area contributed by atoms with E-state index in [9.17, 15) is 8.42 Å². The number of benzene rings is 1. The van der Waals surface area contributed by atoms with Gasteiger partial charge in [0.2, 0.25) is 10.0 Å². The maximum Gasteiger partial charge on any atom is 0.215 e. The number of piperazine rings is 1. The standard InChI is InChI=1S/C13H21N3O2S/c17-19(18,12-13-4-2-1-3-5-13)15-8-11-16-9-6-14-7-10-16/h1-5,14-15H,6-12H2. The fourth-order valence-corrected chi connectivity index (χ4v) is 3.27. The quantitative estimate of drug-likeness (QED) is 0.772. The van der Waals surface area contributed by atoms with Crippen LogP contribution in [0.15, 0.2) is 30.3 Å². The molecule has 19 heavy (non-hydrogen) atoms. The van der Waals surface area contributed by atoms with Crippen molar-refractivity contribution in [3.05, 3.63) is 35.9 Å². The van der Waals surface area contributed by atoms with Crippen LogP contribution in [0.3, 0.4) is 0 Å². The smallest absolute Gasteiger partial charge is 0.215 e. The summed E-state index contributed by atoms with van der Waals surface area (Å²) in [6, 6.07) is 9.25. The molecule has 1 heterocycles. The van der Waals surface area contributed by atoms with Crippen LogP contribution in [0.1, 0.15) is 5.56 Å². The first-order valence-corrected chi connectivity index (χ1v) is 8.25. The van der Waals surface area contributed by atoms with Gasteiger partial charge in [0.15, 0.2) is 0 Å². The third-order valence-electron chi connectivity index (χ3n) is 3.16. The van der Waals surface area contributed by atoms with E-state index in [1.54, 1.807) is 0 Å². The molecule has 0 saturated carbocycles. The zero-order valence-corrected chi connectivity index (χ0v) is 11.8. The first kappa shape index (κ1) is 14.5. The lowest BCUT2D eigenvalue weighted by Gasteiger charge is -2.27. The van der Waals surface area contributed by atoms with Gasteiger partial charge in [-0.2, -0.15) is 0 Å². The maximum absolute atomic E-state index is 11.9. The number of hydrogen-bond acceptors (Lipinski definition) is 4. The van der Waals surface area contributed by atoms with Crippen LogP contribution in [0.2, 0.25) is 0 Å². The van der Waals surface area contributed by atoms with Gasteiger partial charge < -0.3 is 5.32 Å². The largest absolute Gasteiger partial charge is 0.314 e. The van der Waals surface area contributed by atoms with Gasteiger partial charge in [0.1, 0.15) is 0 Å². The molecular formula is C13H21N3O2S. The van der Waals surface area contributed by atoms with E-state index >= 15 is 0 Å². The second kappa shape index (κ2) is 7.00. The van der Waals surface area contributed by atoms with Crippen LogP contribution in [0.4, 0.5) is 0 Å². The van der Waals surface area contributed by atoms with Crippen molar-refractivity contribution in [2.24, 2.45) is 0 Å². The van der Waals surface area contributed by atoms with Gasteiger partial charge in [0.25, 0.3) is 0 Å². The van der Waals surface area contributed by atoms with E-state index in [2.05, 4.69) is 14.9 Å². The topological polar surface area (TPSA) is 61.4 Å². The van der Waals surface area contributed by atoms with E-state index in [0.29, 0.717) is 6.54 Å². The summed E-state index contributed by atoms with van der Waals surface area (Å²) < 4.78 is 26.5. The monoisotopic (exact) mass is 283 g/mol. The molecule has 0 aliphatic carbocycles. The molecule has 0 radical (unpaired) electrons. The third-order valence-corrected chi connectivity index (χ3v) is 4.52. The van der Waals surface area contributed by atoms with Crippen LogP contribution < -0.4 is 10.0 Å². The SMILES string of the molecule is O=S(=O)(Cc1ccccc1)NCCN1CCNCC1. The number of rotatable bonds is 6. The van der Waals surface area contributed by atoms with Crippen LogP contribution in [0.5, 0.6) is 0 Å². The molecule has 0 aromatic heterocycles. The summed E-state index contributed by atoms with van der Waals surface area (Å²) in [5.41, 5.74) is 0.817. The molecule has 1 aliphatic rings. The average molecular weight is 283 g/mol. The Kier molecular flexibility index (Phi) is 5.33. The lowest BCUT2D eigenvalue weighted by atomic mass is 10.2. The molecular weight excluding hydrogens is 262 g/mol. The van der Waals surface area contributed by atoms with Crippen LogP contribution >= 0.6 is 0 Å². The first-order chi connectivity index (χ1) is 9.16. The van der Waals surface area contributed by atoms with E-state index in [1.165, 1.54) is 0 Å². The van der Waals surface area contributed by atoms with E-state index in [1.807, 2.05) is 30.3 Å². The second-order valence-corrected chi connectivity index (χ2v) is 6.54. The molecule has 0 atom stereocenters. The predicted octanol–water partition coefficient (Wildman–Crippen LogP) is 0.0112. The summed E-state index contributed by atoms with van der Waals surface area (Å²) in [6.45, 7) is 5.19. The molecule has 0 bridgehead atoms. The van der Waals surface area contributed by atoms with Gasteiger partial charge in [-0.3, -0.25) is 4.90 Å². The Bertz CT molecular complexity index is 470. The van der Waals surface area contributed by atoms with Gasteiger partial charge in [-0.25, -0.2) is 13.1 Å². The molecule has 5 nitrogen and oxygen atoms in total. The highest BCUT2D eigenvalue weighted by atomic mass is 32.2. The van der Waals surface area contributed by atoms with E-state index in [4.69, 9.17) is 0 Å². The van der Waals surface area contributed by atoms with E-state index in [0.717, 1.165) is 38.3 Å². The summed E-state index contributed by atoms with van der Waals surface area (Å²) in [7, 11) is -3.23. The van der Waals surface area contributed by atoms with E-state index < -0.39 is 10.0 Å². The highest BCUT2D eigenvalue weighted by Gasteiger charge is 2.13. The van der Waals surface area contributed by atoms with Crippen LogP contribution in [-0.4, -0.2) is 52.6 Å². The van der Waals surface area contributed by atoms with Gasteiger partial charge in [-0.05, 0) is 5.56 Å². The molecule has 1 saturated heterocycles. The molecule has 1 aliphatic heterocycles. The Morgan fingerprint density at radius 2 is 1.84 bits per heavy atom. The molecule has 106 valence electrons. The highest BCUT2D eigenvalue weighted by molar-refractivity contribution is 7.88. The number of hydrogen-bond donors (Lipinski definition) is 2. The van der Waals surface area contributed by atoms with Gasteiger partial charge in [0, 0.05) is 39.3 Å². The summed E-state index contributed by atoms with van der Waals surface area (Å²) >= 11 is 0. The fraction of sp³-hybridized carbons (Fsp3) is 0.538. The Labute approximate surface area is 115 Å². The highest BCUT2D eigenvalue weighted by Crippen LogP contribution is 2.03. The molecule has 0 amide bonds. The van der Waals surface area contributed by atoms with Gasteiger partial charge in [-0.1, -0.05) is 30.3 Å². The zero-order valence-electron chi connectivity index (χ0n) is 11.0. The van der Waals surface area contributed by atoms with Crippen molar-refractivity contribution >= 4 is 10.0 Å². The minimum absolute atomic E-state index is 0.0510. The molecule has 6 heteroatoms. The predicted molar refractivity (Wildman–Crippen MR) is 76.4 cm³/mol. The normalized spacial score (nSPS) is 17.5. The lowest BCUT2D eigenvalue weighted by Crippen LogP contribution is -2.46. The molecule has 0 unspecified atom stereocenters. The van der Waals surface area contributed by atoms with Crippen molar-refractivity contribution in [1.82, 2.24) is 14.9 Å². The van der Waals surface area contributed by atoms with Gasteiger partial charge >= 0.3 is 0 Å². The lowest BCUT2D eigenvalue weighted by molar-refractivity contribution is 0.245. The molecule has 1 aromatic rings. The molecule has 2 rings (SSSR count). The maximum atomic E-state index is 11.9. The molecule has 1 aromatic carbocycles. The Morgan fingerprint density at radius 1 is 1.16 bits per heavy atom. The average Bonchev–Trinajstić information content (AvgIpc) is 2.40. The minimum atomic E-state index is -3.23. The first-order valence-electron chi connectivity index (χ1n) is 6.60.